The fourth-order valence-electron chi connectivity index (χ4n) is 4.82. The van der Waals surface area contributed by atoms with E-state index >= 15 is 0 Å². The second kappa shape index (κ2) is 9.78. The summed E-state index contributed by atoms with van der Waals surface area (Å²) in [6, 6.07) is 16.7. The lowest BCUT2D eigenvalue weighted by Gasteiger charge is -2.25. The molecule has 0 spiro atoms. The minimum absolute atomic E-state index is 0.172. The van der Waals surface area contributed by atoms with Crippen molar-refractivity contribution in [2.24, 2.45) is 4.99 Å². The van der Waals surface area contributed by atoms with E-state index in [1.807, 2.05) is 100.0 Å². The van der Waals surface area contributed by atoms with Crippen molar-refractivity contribution in [2.45, 2.75) is 47.2 Å². The molecule has 2 aromatic heterocycles. The first-order chi connectivity index (χ1) is 17.8. The van der Waals surface area contributed by atoms with Crippen LogP contribution in [0.4, 0.5) is 5.69 Å². The van der Waals surface area contributed by atoms with E-state index in [4.69, 9.17) is 4.99 Å². The third-order valence-electron chi connectivity index (χ3n) is 6.79. The number of hydrogen-bond acceptors (Lipinski definition) is 5. The zero-order valence-corrected chi connectivity index (χ0v) is 22.4. The average molecular weight is 512 g/mol. The second-order valence-electron chi connectivity index (χ2n) is 9.16. The average Bonchev–Trinajstić information content (AvgIpc) is 3.34. The van der Waals surface area contributed by atoms with Crippen molar-refractivity contribution in [3.05, 3.63) is 114 Å². The highest BCUT2D eigenvalue weighted by atomic mass is 32.1. The van der Waals surface area contributed by atoms with Crippen molar-refractivity contribution in [2.75, 3.05) is 5.32 Å². The molecule has 0 radical (unpaired) electrons. The molecule has 7 nitrogen and oxygen atoms in total. The number of para-hydroxylation sites is 1. The molecule has 0 aliphatic carbocycles. The molecule has 0 bridgehead atoms. The Labute approximate surface area is 219 Å². The molecule has 1 aliphatic rings. The van der Waals surface area contributed by atoms with E-state index < -0.39 is 6.04 Å². The number of benzene rings is 2. The van der Waals surface area contributed by atoms with Crippen LogP contribution >= 0.6 is 11.3 Å². The number of aryl methyl sites for hydroxylation is 3. The molecule has 188 valence electrons. The normalized spacial score (nSPS) is 15.5. The first-order valence-corrected chi connectivity index (χ1v) is 13.1. The Hall–Kier alpha value is -4.04. The van der Waals surface area contributed by atoms with Gasteiger partial charge in [-0.1, -0.05) is 59.9 Å². The number of rotatable bonds is 5. The summed E-state index contributed by atoms with van der Waals surface area (Å²) in [7, 11) is 0. The summed E-state index contributed by atoms with van der Waals surface area (Å²) >= 11 is 1.34. The predicted octanol–water partition coefficient (Wildman–Crippen LogP) is 4.02. The molecule has 4 aromatic rings. The van der Waals surface area contributed by atoms with Gasteiger partial charge in [-0.25, -0.2) is 4.99 Å². The number of amides is 1. The zero-order chi connectivity index (χ0) is 26.3. The van der Waals surface area contributed by atoms with Gasteiger partial charge < -0.3 is 5.32 Å². The Morgan fingerprint density at radius 2 is 1.76 bits per heavy atom. The van der Waals surface area contributed by atoms with Crippen molar-refractivity contribution in [3.63, 3.8) is 0 Å². The van der Waals surface area contributed by atoms with Crippen LogP contribution in [0.2, 0.25) is 0 Å². The van der Waals surface area contributed by atoms with Gasteiger partial charge in [0, 0.05) is 23.5 Å². The minimum Gasteiger partial charge on any atom is -0.322 e. The summed E-state index contributed by atoms with van der Waals surface area (Å²) in [6.07, 6.45) is 1.90. The van der Waals surface area contributed by atoms with Crippen LogP contribution in [-0.2, 0) is 11.3 Å². The number of carbonyl (C=O) groups excluding carboxylic acids is 1. The van der Waals surface area contributed by atoms with E-state index in [9.17, 15) is 9.59 Å². The minimum atomic E-state index is -0.593. The summed E-state index contributed by atoms with van der Waals surface area (Å²) in [4.78, 5) is 32.9. The molecule has 0 saturated carbocycles. The number of nitrogens with one attached hydrogen (secondary N) is 1. The van der Waals surface area contributed by atoms with Gasteiger partial charge in [0.2, 0.25) is 0 Å². The molecule has 37 heavy (non-hydrogen) atoms. The number of anilines is 1. The second-order valence-corrected chi connectivity index (χ2v) is 10.2. The molecule has 1 atom stereocenters. The molecular formula is C29H29N5O2S. The number of hydrogen-bond donors (Lipinski definition) is 1. The first-order valence-electron chi connectivity index (χ1n) is 12.3. The van der Waals surface area contributed by atoms with Gasteiger partial charge in [-0.3, -0.25) is 18.8 Å². The van der Waals surface area contributed by atoms with Crippen LogP contribution in [0.5, 0.6) is 0 Å². The molecule has 1 N–H and O–H groups in total. The molecule has 8 heteroatoms. The largest absolute Gasteiger partial charge is 0.322 e. The number of nitrogens with zero attached hydrogens (tertiary/aromatic N) is 4. The summed E-state index contributed by atoms with van der Waals surface area (Å²) in [5.74, 6) is -0.269. The SMILES string of the molecule is CCn1nc(C)c(/C=c2/sc3n(c2=O)[C@@H](c2ccccc2)C(C(=O)Nc2ccccc2C)=C(C)N=3)c1C. The van der Waals surface area contributed by atoms with E-state index in [1.165, 1.54) is 11.3 Å². The van der Waals surface area contributed by atoms with E-state index in [-0.39, 0.29) is 11.5 Å². The molecule has 1 amide bonds. The van der Waals surface area contributed by atoms with Gasteiger partial charge in [-0.15, -0.1) is 0 Å². The molecule has 1 aliphatic heterocycles. The van der Waals surface area contributed by atoms with Crippen LogP contribution in [-0.4, -0.2) is 20.3 Å². The molecule has 2 aromatic carbocycles. The maximum atomic E-state index is 13.9. The van der Waals surface area contributed by atoms with Gasteiger partial charge in [0.15, 0.2) is 4.80 Å². The third kappa shape index (κ3) is 4.38. The van der Waals surface area contributed by atoms with Gasteiger partial charge in [-0.05, 0) is 57.9 Å². The quantitative estimate of drug-likeness (QED) is 0.440. The van der Waals surface area contributed by atoms with E-state index in [0.29, 0.717) is 20.6 Å². The Kier molecular flexibility index (Phi) is 6.52. The summed E-state index contributed by atoms with van der Waals surface area (Å²) in [5.41, 5.74) is 6.26. The highest BCUT2D eigenvalue weighted by Crippen LogP contribution is 2.31. The molecule has 0 fully saturated rings. The van der Waals surface area contributed by atoms with E-state index in [2.05, 4.69) is 10.4 Å². The van der Waals surface area contributed by atoms with Gasteiger partial charge in [0.25, 0.3) is 11.5 Å². The van der Waals surface area contributed by atoms with Gasteiger partial charge in [0.05, 0.1) is 27.5 Å². The fourth-order valence-corrected chi connectivity index (χ4v) is 5.85. The summed E-state index contributed by atoms with van der Waals surface area (Å²) < 4.78 is 4.15. The topological polar surface area (TPSA) is 81.3 Å². The van der Waals surface area contributed by atoms with Crippen molar-refractivity contribution in [3.8, 4) is 0 Å². The van der Waals surface area contributed by atoms with Gasteiger partial charge in [0.1, 0.15) is 0 Å². The fraction of sp³-hybridized carbons (Fsp3) is 0.241. The zero-order valence-electron chi connectivity index (χ0n) is 21.6. The molecule has 5 rings (SSSR count). The number of carbonyl (C=O) groups is 1. The van der Waals surface area contributed by atoms with Gasteiger partial charge in [-0.2, -0.15) is 5.10 Å². The highest BCUT2D eigenvalue weighted by Gasteiger charge is 2.32. The van der Waals surface area contributed by atoms with Crippen LogP contribution in [0, 0.1) is 20.8 Å². The van der Waals surface area contributed by atoms with Gasteiger partial charge >= 0.3 is 0 Å². The molecule has 3 heterocycles. The van der Waals surface area contributed by atoms with Crippen molar-refractivity contribution in [1.82, 2.24) is 14.3 Å². The Bertz CT molecular complexity index is 1720. The summed E-state index contributed by atoms with van der Waals surface area (Å²) in [6.45, 7) is 10.5. The third-order valence-corrected chi connectivity index (χ3v) is 7.77. The van der Waals surface area contributed by atoms with Crippen LogP contribution in [0.1, 0.15) is 48.0 Å². The molecular weight excluding hydrogens is 482 g/mol. The molecule has 0 unspecified atom stereocenters. The van der Waals surface area contributed by atoms with Crippen LogP contribution in [0.25, 0.3) is 6.08 Å². The van der Waals surface area contributed by atoms with Crippen LogP contribution in [0.15, 0.2) is 75.7 Å². The lowest BCUT2D eigenvalue weighted by Crippen LogP contribution is -2.40. The predicted molar refractivity (Wildman–Crippen MR) is 147 cm³/mol. The number of thiazole rings is 1. The van der Waals surface area contributed by atoms with E-state index in [1.54, 1.807) is 4.57 Å². The number of fused-ring (bicyclic) bond motifs is 1. The highest BCUT2D eigenvalue weighted by molar-refractivity contribution is 7.07. The summed E-state index contributed by atoms with van der Waals surface area (Å²) in [5, 5.41) is 7.63. The van der Waals surface area contributed by atoms with E-state index in [0.717, 1.165) is 40.3 Å². The Morgan fingerprint density at radius 1 is 1.05 bits per heavy atom. The monoisotopic (exact) mass is 511 g/mol. The number of allylic oxidation sites excluding steroid dienone is 1. The van der Waals surface area contributed by atoms with Crippen molar-refractivity contribution in [1.29, 1.82) is 0 Å². The maximum absolute atomic E-state index is 13.9. The number of aromatic nitrogens is 3. The van der Waals surface area contributed by atoms with Crippen LogP contribution < -0.4 is 20.2 Å². The smallest absolute Gasteiger partial charge is 0.271 e. The Morgan fingerprint density at radius 3 is 2.43 bits per heavy atom. The van der Waals surface area contributed by atoms with Crippen molar-refractivity contribution >= 4 is 29.0 Å². The lowest BCUT2D eigenvalue weighted by atomic mass is 9.95. The Balaban J connectivity index is 1.68. The first kappa shape index (κ1) is 24.6. The molecule has 0 saturated heterocycles. The van der Waals surface area contributed by atoms with Crippen LogP contribution in [0.3, 0.4) is 0 Å². The lowest BCUT2D eigenvalue weighted by molar-refractivity contribution is -0.113. The standard InChI is InChI=1S/C29H29N5O2S/c1-6-33-20(5)22(18(3)32-33)16-24-28(36)34-26(21-13-8-7-9-14-21)25(19(4)30-29(34)37-24)27(35)31-23-15-11-10-12-17(23)2/h7-16,26H,6H2,1-5H3,(H,31,35)/b24-16+/t26-/m0/s1. The van der Waals surface area contributed by atoms with Crippen molar-refractivity contribution < 1.29 is 4.79 Å². The maximum Gasteiger partial charge on any atom is 0.271 e.